The summed E-state index contributed by atoms with van der Waals surface area (Å²) in [7, 11) is 0. The molecule has 3 rings (SSSR count). The zero-order chi connectivity index (χ0) is 13.6. The number of benzene rings is 2. The van der Waals surface area contributed by atoms with Gasteiger partial charge in [-0.25, -0.2) is 4.98 Å². The van der Waals surface area contributed by atoms with Crippen LogP contribution in [-0.4, -0.2) is 4.98 Å². The lowest BCUT2D eigenvalue weighted by atomic mass is 10.2. The van der Waals surface area contributed by atoms with Gasteiger partial charge >= 0.3 is 0 Å². The molecule has 0 N–H and O–H groups in total. The second-order valence-electron chi connectivity index (χ2n) is 4.24. The van der Waals surface area contributed by atoms with Crippen LogP contribution in [0, 0.1) is 6.92 Å². The van der Waals surface area contributed by atoms with E-state index in [0.29, 0.717) is 26.5 Å². The molecule has 0 aliphatic carbocycles. The monoisotopic (exact) mass is 311 g/mol. The normalized spacial score (nSPS) is 11.2. The molecular weight excluding hydrogens is 305 g/mol. The molecule has 0 saturated carbocycles. The number of aromatic nitrogens is 1. The fourth-order valence-electron chi connectivity index (χ4n) is 1.84. The van der Waals surface area contributed by atoms with Gasteiger partial charge in [0.25, 0.3) is 0 Å². The lowest BCUT2D eigenvalue weighted by Crippen LogP contribution is -1.80. The van der Waals surface area contributed by atoms with Crippen LogP contribution >= 0.6 is 34.8 Å². The van der Waals surface area contributed by atoms with Gasteiger partial charge in [0.05, 0.1) is 15.1 Å². The molecule has 0 bridgehead atoms. The minimum absolute atomic E-state index is 0.332. The first-order chi connectivity index (χ1) is 9.04. The van der Waals surface area contributed by atoms with Crippen LogP contribution in [0.2, 0.25) is 15.1 Å². The minimum atomic E-state index is 0.332. The number of halogens is 3. The standard InChI is InChI=1S/C14H8Cl3NO/c1-7-2-3-12-11(4-7)18-14(19-12)8-5-9(15)13(17)10(16)6-8/h2-6H,1H3. The average Bonchev–Trinajstić information content (AvgIpc) is 2.78. The summed E-state index contributed by atoms with van der Waals surface area (Å²) in [6, 6.07) is 9.20. The zero-order valence-electron chi connectivity index (χ0n) is 9.88. The molecule has 0 fully saturated rings. The number of hydrogen-bond acceptors (Lipinski definition) is 2. The number of hydrogen-bond donors (Lipinski definition) is 0. The summed E-state index contributed by atoms with van der Waals surface area (Å²) in [5.74, 6) is 0.473. The maximum Gasteiger partial charge on any atom is 0.227 e. The third-order valence-electron chi connectivity index (χ3n) is 2.77. The summed E-state index contributed by atoms with van der Waals surface area (Å²) >= 11 is 17.9. The highest BCUT2D eigenvalue weighted by molar-refractivity contribution is 6.48. The van der Waals surface area contributed by atoms with Crippen LogP contribution in [0.3, 0.4) is 0 Å². The summed E-state index contributed by atoms with van der Waals surface area (Å²) in [6.45, 7) is 2.00. The van der Waals surface area contributed by atoms with Gasteiger partial charge in [0.15, 0.2) is 5.58 Å². The fourth-order valence-corrected chi connectivity index (χ4v) is 2.44. The highest BCUT2D eigenvalue weighted by Crippen LogP contribution is 2.35. The van der Waals surface area contributed by atoms with E-state index in [1.54, 1.807) is 12.1 Å². The predicted molar refractivity (Wildman–Crippen MR) is 79.2 cm³/mol. The van der Waals surface area contributed by atoms with Crippen LogP contribution < -0.4 is 0 Å². The summed E-state index contributed by atoms with van der Waals surface area (Å²) < 4.78 is 5.69. The Morgan fingerprint density at radius 3 is 2.37 bits per heavy atom. The molecule has 0 spiro atoms. The molecular formula is C14H8Cl3NO. The molecule has 3 aromatic rings. The van der Waals surface area contributed by atoms with Crippen LogP contribution in [0.4, 0.5) is 0 Å². The van der Waals surface area contributed by atoms with Gasteiger partial charge in [-0.05, 0) is 36.8 Å². The van der Waals surface area contributed by atoms with Gasteiger partial charge in [-0.15, -0.1) is 0 Å². The van der Waals surface area contributed by atoms with Crippen molar-refractivity contribution in [3.8, 4) is 11.5 Å². The van der Waals surface area contributed by atoms with Crippen molar-refractivity contribution in [2.24, 2.45) is 0 Å². The highest BCUT2D eigenvalue weighted by Gasteiger charge is 2.12. The van der Waals surface area contributed by atoms with E-state index >= 15 is 0 Å². The topological polar surface area (TPSA) is 26.0 Å². The first-order valence-corrected chi connectivity index (χ1v) is 6.70. The number of oxazole rings is 1. The Hall–Kier alpha value is -1.22. The van der Waals surface area contributed by atoms with Crippen molar-refractivity contribution in [2.75, 3.05) is 0 Å². The van der Waals surface area contributed by atoms with Crippen LogP contribution in [0.15, 0.2) is 34.7 Å². The molecule has 2 nitrogen and oxygen atoms in total. The van der Waals surface area contributed by atoms with E-state index in [-0.39, 0.29) is 0 Å². The van der Waals surface area contributed by atoms with Crippen LogP contribution in [0.5, 0.6) is 0 Å². The largest absolute Gasteiger partial charge is 0.436 e. The second kappa shape index (κ2) is 4.71. The molecule has 1 heterocycles. The Morgan fingerprint density at radius 2 is 1.68 bits per heavy atom. The summed E-state index contributed by atoms with van der Waals surface area (Å²) in [4.78, 5) is 4.43. The number of fused-ring (bicyclic) bond motifs is 1. The molecule has 0 amide bonds. The SMILES string of the molecule is Cc1ccc2oc(-c3cc(Cl)c(Cl)c(Cl)c3)nc2c1. The quantitative estimate of drug-likeness (QED) is 0.534. The number of rotatable bonds is 1. The summed E-state index contributed by atoms with van der Waals surface area (Å²) in [5, 5.41) is 1.09. The number of nitrogens with zero attached hydrogens (tertiary/aromatic N) is 1. The molecule has 1 aromatic heterocycles. The van der Waals surface area contributed by atoms with Crippen molar-refractivity contribution in [3.63, 3.8) is 0 Å². The molecule has 0 aliphatic heterocycles. The van der Waals surface area contributed by atoms with E-state index < -0.39 is 0 Å². The molecule has 0 atom stereocenters. The van der Waals surface area contributed by atoms with Crippen molar-refractivity contribution < 1.29 is 4.42 Å². The Bertz CT molecular complexity index is 756. The lowest BCUT2D eigenvalue weighted by Gasteiger charge is -2.01. The Morgan fingerprint density at radius 1 is 1.00 bits per heavy atom. The average molecular weight is 313 g/mol. The molecule has 0 saturated heterocycles. The predicted octanol–water partition coefficient (Wildman–Crippen LogP) is 5.76. The van der Waals surface area contributed by atoms with E-state index in [9.17, 15) is 0 Å². The lowest BCUT2D eigenvalue weighted by molar-refractivity contribution is 0.620. The molecule has 2 aromatic carbocycles. The van der Waals surface area contributed by atoms with Gasteiger partial charge in [0, 0.05) is 5.56 Å². The molecule has 5 heteroatoms. The van der Waals surface area contributed by atoms with E-state index in [1.165, 1.54) is 0 Å². The fraction of sp³-hybridized carbons (Fsp3) is 0.0714. The first kappa shape index (κ1) is 12.8. The minimum Gasteiger partial charge on any atom is -0.436 e. The molecule has 19 heavy (non-hydrogen) atoms. The van der Waals surface area contributed by atoms with Crippen molar-refractivity contribution in [3.05, 3.63) is 51.0 Å². The second-order valence-corrected chi connectivity index (χ2v) is 5.44. The van der Waals surface area contributed by atoms with Gasteiger partial charge in [0.1, 0.15) is 5.52 Å². The van der Waals surface area contributed by atoms with Crippen molar-refractivity contribution >= 4 is 45.9 Å². The smallest absolute Gasteiger partial charge is 0.227 e. The zero-order valence-corrected chi connectivity index (χ0v) is 12.1. The number of aryl methyl sites for hydroxylation is 1. The maximum atomic E-state index is 6.01. The maximum absolute atomic E-state index is 6.01. The van der Waals surface area contributed by atoms with E-state index in [0.717, 1.165) is 16.7 Å². The Kier molecular flexibility index (Phi) is 3.17. The van der Waals surface area contributed by atoms with Gasteiger partial charge in [0.2, 0.25) is 5.89 Å². The first-order valence-electron chi connectivity index (χ1n) is 5.57. The van der Waals surface area contributed by atoms with E-state index in [1.807, 2.05) is 25.1 Å². The van der Waals surface area contributed by atoms with Crippen LogP contribution in [0.25, 0.3) is 22.6 Å². The van der Waals surface area contributed by atoms with Crippen molar-refractivity contribution in [2.45, 2.75) is 6.92 Å². The molecule has 0 radical (unpaired) electrons. The van der Waals surface area contributed by atoms with Crippen molar-refractivity contribution in [1.29, 1.82) is 0 Å². The van der Waals surface area contributed by atoms with E-state index in [4.69, 9.17) is 39.2 Å². The van der Waals surface area contributed by atoms with Crippen LogP contribution in [0.1, 0.15) is 5.56 Å². The third kappa shape index (κ3) is 2.32. The van der Waals surface area contributed by atoms with Gasteiger partial charge in [-0.3, -0.25) is 0 Å². The molecule has 0 aliphatic rings. The highest BCUT2D eigenvalue weighted by atomic mass is 35.5. The van der Waals surface area contributed by atoms with E-state index in [2.05, 4.69) is 4.98 Å². The van der Waals surface area contributed by atoms with Gasteiger partial charge < -0.3 is 4.42 Å². The van der Waals surface area contributed by atoms with Gasteiger partial charge in [-0.1, -0.05) is 40.9 Å². The molecule has 0 unspecified atom stereocenters. The Balaban J connectivity index is 2.19. The summed E-state index contributed by atoms with van der Waals surface area (Å²) in [5.41, 5.74) is 3.35. The van der Waals surface area contributed by atoms with Gasteiger partial charge in [-0.2, -0.15) is 0 Å². The summed E-state index contributed by atoms with van der Waals surface area (Å²) in [6.07, 6.45) is 0. The van der Waals surface area contributed by atoms with Crippen LogP contribution in [-0.2, 0) is 0 Å². The van der Waals surface area contributed by atoms with Crippen molar-refractivity contribution in [1.82, 2.24) is 4.98 Å². The molecule has 96 valence electrons. The third-order valence-corrected chi connectivity index (χ3v) is 3.97. The Labute approximate surface area is 124 Å².